The summed E-state index contributed by atoms with van der Waals surface area (Å²) in [5, 5.41) is 18.4. The fourth-order valence-electron chi connectivity index (χ4n) is 2.69. The summed E-state index contributed by atoms with van der Waals surface area (Å²) >= 11 is 1.50. The zero-order chi connectivity index (χ0) is 16.9. The van der Waals surface area contributed by atoms with Crippen LogP contribution < -0.4 is 10.6 Å². The van der Waals surface area contributed by atoms with Gasteiger partial charge in [-0.3, -0.25) is 4.79 Å². The van der Waals surface area contributed by atoms with Crippen LogP contribution in [0.25, 0.3) is 0 Å². The maximum Gasteiger partial charge on any atom is 0.226 e. The number of β-amino-alcohol motifs (C(OH)–C–C–N with tert-alkyl or cyclic N) is 1. The van der Waals surface area contributed by atoms with Crippen LogP contribution in [0.1, 0.15) is 16.3 Å². The maximum absolute atomic E-state index is 12.9. The summed E-state index contributed by atoms with van der Waals surface area (Å²) < 4.78 is 12.9. The fraction of sp³-hybridized carbons (Fsp3) is 0.412. The number of carbonyl (C=O) groups is 1. The lowest BCUT2D eigenvalue weighted by molar-refractivity contribution is -0.120. The van der Waals surface area contributed by atoms with Crippen molar-refractivity contribution in [2.75, 3.05) is 19.6 Å². The highest BCUT2D eigenvalue weighted by atomic mass is 35.5. The highest BCUT2D eigenvalue weighted by Gasteiger charge is 2.25. The Kier molecular flexibility index (Phi) is 9.46. The lowest BCUT2D eigenvalue weighted by Gasteiger charge is -2.13. The normalized spacial score (nSPS) is 18.7. The molecule has 2 aromatic rings. The van der Waals surface area contributed by atoms with Crippen LogP contribution in [0.15, 0.2) is 29.6 Å². The maximum atomic E-state index is 12.9. The van der Waals surface area contributed by atoms with Crippen molar-refractivity contribution in [1.82, 2.24) is 15.6 Å². The number of benzene rings is 1. The first-order valence-corrected chi connectivity index (χ1v) is 8.81. The van der Waals surface area contributed by atoms with Crippen molar-refractivity contribution < 1.29 is 14.3 Å². The Labute approximate surface area is 168 Å². The van der Waals surface area contributed by atoms with E-state index in [1.165, 1.54) is 23.5 Å². The lowest BCUT2D eigenvalue weighted by Crippen LogP contribution is -2.35. The van der Waals surface area contributed by atoms with Crippen LogP contribution in [0.5, 0.6) is 0 Å². The molecule has 1 aliphatic heterocycles. The molecule has 0 aliphatic carbocycles. The number of aliphatic hydroxyl groups excluding tert-OH is 1. The number of rotatable bonds is 6. The minimum atomic E-state index is -0.396. The van der Waals surface area contributed by atoms with Gasteiger partial charge in [-0.2, -0.15) is 0 Å². The number of amides is 1. The van der Waals surface area contributed by atoms with Crippen LogP contribution in [0.4, 0.5) is 4.39 Å². The van der Waals surface area contributed by atoms with Crippen molar-refractivity contribution in [3.8, 4) is 0 Å². The lowest BCUT2D eigenvalue weighted by atomic mass is 10.1. The molecule has 1 aromatic carbocycles. The van der Waals surface area contributed by atoms with Gasteiger partial charge >= 0.3 is 0 Å². The molecule has 0 radical (unpaired) electrons. The number of carbonyl (C=O) groups excluding carboxylic acids is 1. The molecule has 2 atom stereocenters. The molecule has 3 rings (SSSR count). The number of aliphatic hydroxyl groups is 1. The van der Waals surface area contributed by atoms with Crippen LogP contribution in [-0.4, -0.2) is 41.7 Å². The predicted molar refractivity (Wildman–Crippen MR) is 105 cm³/mol. The molecule has 144 valence electrons. The summed E-state index contributed by atoms with van der Waals surface area (Å²) in [7, 11) is 0. The number of hydrogen-bond donors (Lipinski definition) is 3. The minimum absolute atomic E-state index is 0. The van der Waals surface area contributed by atoms with Crippen molar-refractivity contribution in [1.29, 1.82) is 0 Å². The number of nitrogens with one attached hydrogen (secondary N) is 2. The second-order valence-electron chi connectivity index (χ2n) is 6.00. The third kappa shape index (κ3) is 6.48. The quantitative estimate of drug-likeness (QED) is 0.666. The summed E-state index contributed by atoms with van der Waals surface area (Å²) in [6.45, 7) is 1.78. The zero-order valence-electron chi connectivity index (χ0n) is 14.0. The Morgan fingerprint density at radius 2 is 2.04 bits per heavy atom. The van der Waals surface area contributed by atoms with Crippen molar-refractivity contribution in [2.45, 2.75) is 18.9 Å². The van der Waals surface area contributed by atoms with Crippen molar-refractivity contribution in [2.24, 2.45) is 5.92 Å². The average Bonchev–Trinajstić information content (AvgIpc) is 3.17. The van der Waals surface area contributed by atoms with Gasteiger partial charge in [0.2, 0.25) is 5.91 Å². The van der Waals surface area contributed by atoms with Crippen molar-refractivity contribution >= 4 is 42.1 Å². The summed E-state index contributed by atoms with van der Waals surface area (Å²) in [5.41, 5.74) is 1.73. The second kappa shape index (κ2) is 10.8. The van der Waals surface area contributed by atoms with Crippen LogP contribution in [0.3, 0.4) is 0 Å². The van der Waals surface area contributed by atoms with Gasteiger partial charge in [0, 0.05) is 37.4 Å². The fourth-order valence-corrected chi connectivity index (χ4v) is 3.52. The van der Waals surface area contributed by atoms with Crippen molar-refractivity contribution in [3.05, 3.63) is 51.7 Å². The van der Waals surface area contributed by atoms with E-state index in [4.69, 9.17) is 0 Å². The highest BCUT2D eigenvalue weighted by molar-refractivity contribution is 7.09. The average molecular weight is 422 g/mol. The smallest absolute Gasteiger partial charge is 0.226 e. The number of hydrogen-bond acceptors (Lipinski definition) is 5. The van der Waals surface area contributed by atoms with Crippen LogP contribution in [0, 0.1) is 11.7 Å². The van der Waals surface area contributed by atoms with Crippen molar-refractivity contribution in [3.63, 3.8) is 0 Å². The Morgan fingerprint density at radius 3 is 2.69 bits per heavy atom. The van der Waals surface area contributed by atoms with Gasteiger partial charge in [0.05, 0.1) is 23.2 Å². The molecule has 0 saturated carbocycles. The molecule has 1 amide bonds. The topological polar surface area (TPSA) is 74.2 Å². The molecule has 1 fully saturated rings. The van der Waals surface area contributed by atoms with Crippen LogP contribution >= 0.6 is 36.2 Å². The third-order valence-corrected chi connectivity index (χ3v) is 4.97. The van der Waals surface area contributed by atoms with Gasteiger partial charge in [0.1, 0.15) is 5.82 Å². The highest BCUT2D eigenvalue weighted by Crippen LogP contribution is 2.16. The molecular formula is C17H22Cl2FN3O2S. The molecule has 1 aromatic heterocycles. The monoisotopic (exact) mass is 421 g/mol. The molecule has 3 N–H and O–H groups in total. The van der Waals surface area contributed by atoms with E-state index < -0.39 is 6.10 Å². The third-order valence-electron chi connectivity index (χ3n) is 4.08. The number of halogens is 3. The molecule has 1 saturated heterocycles. The van der Waals surface area contributed by atoms with E-state index in [1.807, 2.05) is 5.38 Å². The Bertz CT molecular complexity index is 700. The van der Waals surface area contributed by atoms with Gasteiger partial charge in [-0.25, -0.2) is 9.37 Å². The van der Waals surface area contributed by atoms with E-state index in [2.05, 4.69) is 15.6 Å². The molecule has 5 nitrogen and oxygen atoms in total. The molecule has 2 heterocycles. The zero-order valence-corrected chi connectivity index (χ0v) is 16.4. The number of aromatic nitrogens is 1. The molecule has 26 heavy (non-hydrogen) atoms. The molecule has 9 heteroatoms. The first-order valence-electron chi connectivity index (χ1n) is 7.93. The minimum Gasteiger partial charge on any atom is -0.391 e. The SMILES string of the molecule is Cl.Cl.O=C(Cc1csc(Cc2ccc(F)cc2)n1)NCC1CNCC1O. The van der Waals surface area contributed by atoms with E-state index in [0.717, 1.165) is 22.8 Å². The van der Waals surface area contributed by atoms with Gasteiger partial charge in [-0.15, -0.1) is 36.2 Å². The van der Waals surface area contributed by atoms with E-state index >= 15 is 0 Å². The summed E-state index contributed by atoms with van der Waals surface area (Å²) in [5.74, 6) is -0.274. The molecule has 0 bridgehead atoms. The largest absolute Gasteiger partial charge is 0.391 e. The Morgan fingerprint density at radius 1 is 1.31 bits per heavy atom. The van der Waals surface area contributed by atoms with Gasteiger partial charge < -0.3 is 15.7 Å². The van der Waals surface area contributed by atoms with E-state index in [0.29, 0.717) is 19.5 Å². The molecule has 1 aliphatic rings. The van der Waals surface area contributed by atoms with Gasteiger partial charge in [-0.1, -0.05) is 12.1 Å². The molecule has 0 spiro atoms. The number of thiazole rings is 1. The van der Waals surface area contributed by atoms with Crippen LogP contribution in [-0.2, 0) is 17.6 Å². The standard InChI is InChI=1S/C17H20FN3O2S.2ClH/c18-13-3-1-11(2-4-13)5-17-21-14(10-24-17)6-16(23)20-8-12-7-19-9-15(12)22;;/h1-4,10,12,15,19,22H,5-9H2,(H,20,23);2*1H. The molecule has 2 unspecified atom stereocenters. The van der Waals surface area contributed by atoms with Crippen LogP contribution in [0.2, 0.25) is 0 Å². The van der Waals surface area contributed by atoms with Gasteiger partial charge in [-0.05, 0) is 17.7 Å². The summed E-state index contributed by atoms with van der Waals surface area (Å²) in [6, 6.07) is 6.35. The van der Waals surface area contributed by atoms with Gasteiger partial charge in [0.25, 0.3) is 0 Å². The first kappa shape index (κ1) is 22.8. The van der Waals surface area contributed by atoms with E-state index in [-0.39, 0.29) is 48.9 Å². The predicted octanol–water partition coefficient (Wildman–Crippen LogP) is 1.96. The summed E-state index contributed by atoms with van der Waals surface area (Å²) in [6.07, 6.45) is 0.467. The Balaban J connectivity index is 0.00000169. The Hall–Kier alpha value is -1.25. The van der Waals surface area contributed by atoms with E-state index in [9.17, 15) is 14.3 Å². The summed E-state index contributed by atoms with van der Waals surface area (Å²) in [4.78, 5) is 16.5. The first-order chi connectivity index (χ1) is 11.6. The van der Waals surface area contributed by atoms with E-state index in [1.54, 1.807) is 12.1 Å². The number of nitrogens with zero attached hydrogens (tertiary/aromatic N) is 1. The molecular weight excluding hydrogens is 400 g/mol. The second-order valence-corrected chi connectivity index (χ2v) is 6.95. The van der Waals surface area contributed by atoms with Gasteiger partial charge in [0.15, 0.2) is 0 Å².